The maximum absolute atomic E-state index is 12.5. The fourth-order valence-corrected chi connectivity index (χ4v) is 4.71. The van der Waals surface area contributed by atoms with E-state index in [4.69, 9.17) is 44.9 Å². The van der Waals surface area contributed by atoms with Crippen molar-refractivity contribution in [3.63, 3.8) is 0 Å². The van der Waals surface area contributed by atoms with Gasteiger partial charge >= 0.3 is 0 Å². The molecule has 0 aliphatic carbocycles. The minimum atomic E-state index is -0.384. The van der Waals surface area contributed by atoms with Crippen molar-refractivity contribution in [1.82, 2.24) is 4.90 Å². The molecule has 1 aliphatic rings. The molecule has 33 heavy (non-hydrogen) atoms. The quantitative estimate of drug-likeness (QED) is 0.255. The number of anilines is 1. The van der Waals surface area contributed by atoms with E-state index in [-0.39, 0.29) is 18.4 Å². The normalized spacial score (nSPS) is 14.5. The molecule has 1 heterocycles. The first-order valence-electron chi connectivity index (χ1n) is 9.82. The molecule has 3 rings (SSSR count). The zero-order chi connectivity index (χ0) is 24.0. The fraction of sp³-hybridized carbons (Fsp3) is 0.174. The number of amides is 2. The molecule has 1 N–H and O–H groups in total. The molecular weight excluding hydrogens is 503 g/mol. The number of thioether (sulfide) groups is 1. The van der Waals surface area contributed by atoms with Crippen LogP contribution in [0.15, 0.2) is 54.0 Å². The second-order valence-electron chi connectivity index (χ2n) is 6.72. The van der Waals surface area contributed by atoms with Crippen LogP contribution in [0.2, 0.25) is 10.0 Å². The standard InChI is InChI=1S/C23H20Cl2N2O4S2/c1-3-7-27-22(29)20(33-23(27)32)9-14-5-6-18(19(8-14)30-4-2)31-13-21(28)26-17-11-15(24)10-16(25)12-17/h3,5-6,8-12H,1,4,7,13H2,2H3,(H,26,28)/b20-9-. The number of benzene rings is 2. The Morgan fingerprint density at radius 1 is 1.18 bits per heavy atom. The first kappa shape index (κ1) is 25.1. The van der Waals surface area contributed by atoms with Crippen LogP contribution in [0.5, 0.6) is 11.5 Å². The van der Waals surface area contributed by atoms with Gasteiger partial charge in [-0.1, -0.05) is 59.3 Å². The molecule has 0 saturated carbocycles. The van der Waals surface area contributed by atoms with Gasteiger partial charge in [0.05, 0.1) is 11.5 Å². The topological polar surface area (TPSA) is 67.9 Å². The van der Waals surface area contributed by atoms with E-state index < -0.39 is 0 Å². The van der Waals surface area contributed by atoms with E-state index in [0.717, 1.165) is 5.56 Å². The average molecular weight is 523 g/mol. The van der Waals surface area contributed by atoms with Crippen molar-refractivity contribution in [3.05, 3.63) is 69.6 Å². The SMILES string of the molecule is C=CCN1C(=O)/C(=C/c2ccc(OCC(=O)Nc3cc(Cl)cc(Cl)c3)c(OCC)c2)SC1=S. The molecule has 2 amide bonds. The molecule has 6 nitrogen and oxygen atoms in total. The van der Waals surface area contributed by atoms with Gasteiger partial charge in [-0.3, -0.25) is 14.5 Å². The van der Waals surface area contributed by atoms with Crippen LogP contribution in [0.25, 0.3) is 6.08 Å². The Hall–Kier alpha value is -2.52. The Morgan fingerprint density at radius 3 is 2.58 bits per heavy atom. The minimum absolute atomic E-state index is 0.166. The number of ether oxygens (including phenoxy) is 2. The highest BCUT2D eigenvalue weighted by molar-refractivity contribution is 8.26. The number of thiocarbonyl (C=S) groups is 1. The molecule has 0 aromatic heterocycles. The zero-order valence-corrected chi connectivity index (χ0v) is 20.7. The largest absolute Gasteiger partial charge is 0.490 e. The number of carbonyl (C=O) groups excluding carboxylic acids is 2. The molecule has 172 valence electrons. The minimum Gasteiger partial charge on any atom is -0.490 e. The summed E-state index contributed by atoms with van der Waals surface area (Å²) in [6.07, 6.45) is 3.37. The Bertz CT molecular complexity index is 1120. The number of rotatable bonds is 9. The third-order valence-electron chi connectivity index (χ3n) is 4.26. The maximum Gasteiger partial charge on any atom is 0.266 e. The highest BCUT2D eigenvalue weighted by Gasteiger charge is 2.31. The summed E-state index contributed by atoms with van der Waals surface area (Å²) in [6.45, 7) is 6.01. The molecular formula is C23H20Cl2N2O4S2. The van der Waals surface area contributed by atoms with Crippen LogP contribution in [0.3, 0.4) is 0 Å². The van der Waals surface area contributed by atoms with Crippen LogP contribution in [0.1, 0.15) is 12.5 Å². The van der Waals surface area contributed by atoms with E-state index in [9.17, 15) is 9.59 Å². The van der Waals surface area contributed by atoms with Gasteiger partial charge in [0.2, 0.25) is 0 Å². The highest BCUT2D eigenvalue weighted by Crippen LogP contribution is 2.35. The summed E-state index contributed by atoms with van der Waals surface area (Å²) >= 11 is 18.4. The van der Waals surface area contributed by atoms with Crippen molar-refractivity contribution in [2.45, 2.75) is 6.92 Å². The van der Waals surface area contributed by atoms with E-state index in [1.165, 1.54) is 16.7 Å². The van der Waals surface area contributed by atoms with Gasteiger partial charge in [0, 0.05) is 22.3 Å². The molecule has 0 atom stereocenters. The van der Waals surface area contributed by atoms with Crippen molar-refractivity contribution >= 4 is 75.1 Å². The van der Waals surface area contributed by atoms with Crippen LogP contribution in [-0.4, -0.2) is 40.8 Å². The van der Waals surface area contributed by atoms with Gasteiger partial charge < -0.3 is 14.8 Å². The summed E-state index contributed by atoms with van der Waals surface area (Å²) in [5, 5.41) is 3.50. The molecule has 1 saturated heterocycles. The molecule has 1 aliphatic heterocycles. The van der Waals surface area contributed by atoms with Crippen molar-refractivity contribution < 1.29 is 19.1 Å². The second kappa shape index (κ2) is 11.6. The summed E-state index contributed by atoms with van der Waals surface area (Å²) in [5.74, 6) is 0.297. The monoisotopic (exact) mass is 522 g/mol. The van der Waals surface area contributed by atoms with Crippen molar-refractivity contribution in [2.75, 3.05) is 25.1 Å². The molecule has 10 heteroatoms. The summed E-state index contributed by atoms with van der Waals surface area (Å²) in [7, 11) is 0. The fourth-order valence-electron chi connectivity index (χ4n) is 2.91. The van der Waals surface area contributed by atoms with Gasteiger partial charge in [-0.25, -0.2) is 0 Å². The smallest absolute Gasteiger partial charge is 0.266 e. The number of nitrogens with one attached hydrogen (secondary N) is 1. The van der Waals surface area contributed by atoms with Crippen LogP contribution in [-0.2, 0) is 9.59 Å². The summed E-state index contributed by atoms with van der Waals surface area (Å²) in [6, 6.07) is 9.94. The van der Waals surface area contributed by atoms with E-state index in [0.29, 0.717) is 49.6 Å². The van der Waals surface area contributed by atoms with Crippen LogP contribution in [0.4, 0.5) is 5.69 Å². The number of hydrogen-bond acceptors (Lipinski definition) is 6. The molecule has 0 spiro atoms. The molecule has 0 radical (unpaired) electrons. The van der Waals surface area contributed by atoms with Crippen molar-refractivity contribution in [2.24, 2.45) is 0 Å². The Morgan fingerprint density at radius 2 is 1.91 bits per heavy atom. The predicted molar refractivity (Wildman–Crippen MR) is 138 cm³/mol. The van der Waals surface area contributed by atoms with Gasteiger partial charge in [0.15, 0.2) is 18.1 Å². The lowest BCUT2D eigenvalue weighted by atomic mass is 10.2. The first-order valence-corrected chi connectivity index (χ1v) is 11.8. The van der Waals surface area contributed by atoms with E-state index in [2.05, 4.69) is 11.9 Å². The summed E-state index contributed by atoms with van der Waals surface area (Å²) < 4.78 is 11.8. The average Bonchev–Trinajstić information content (AvgIpc) is 3.00. The van der Waals surface area contributed by atoms with Crippen LogP contribution >= 0.6 is 47.2 Å². The number of carbonyl (C=O) groups is 2. The molecule has 0 unspecified atom stereocenters. The highest BCUT2D eigenvalue weighted by atomic mass is 35.5. The lowest BCUT2D eigenvalue weighted by Crippen LogP contribution is -2.27. The zero-order valence-electron chi connectivity index (χ0n) is 17.6. The lowest BCUT2D eigenvalue weighted by Gasteiger charge is -2.13. The Labute approximate surface area is 211 Å². The van der Waals surface area contributed by atoms with Gasteiger partial charge in [-0.2, -0.15) is 0 Å². The second-order valence-corrected chi connectivity index (χ2v) is 9.26. The predicted octanol–water partition coefficient (Wildman–Crippen LogP) is 5.80. The van der Waals surface area contributed by atoms with Crippen molar-refractivity contribution in [1.29, 1.82) is 0 Å². The van der Waals surface area contributed by atoms with Gasteiger partial charge in [0.25, 0.3) is 11.8 Å². The molecule has 2 aromatic rings. The van der Waals surface area contributed by atoms with E-state index in [1.54, 1.807) is 48.6 Å². The van der Waals surface area contributed by atoms with E-state index >= 15 is 0 Å². The molecule has 2 aromatic carbocycles. The van der Waals surface area contributed by atoms with Gasteiger partial charge in [-0.05, 0) is 48.9 Å². The number of hydrogen-bond donors (Lipinski definition) is 1. The Kier molecular flexibility index (Phi) is 8.80. The maximum atomic E-state index is 12.5. The first-order chi connectivity index (χ1) is 15.8. The van der Waals surface area contributed by atoms with Gasteiger partial charge in [0.1, 0.15) is 4.32 Å². The van der Waals surface area contributed by atoms with Crippen LogP contribution in [0, 0.1) is 0 Å². The Balaban J connectivity index is 1.71. The summed E-state index contributed by atoms with van der Waals surface area (Å²) in [4.78, 5) is 26.8. The third kappa shape index (κ3) is 6.74. The number of halogens is 2. The molecule has 1 fully saturated rings. The lowest BCUT2D eigenvalue weighted by molar-refractivity contribution is -0.121. The number of nitrogens with zero attached hydrogens (tertiary/aromatic N) is 1. The van der Waals surface area contributed by atoms with Crippen LogP contribution < -0.4 is 14.8 Å². The van der Waals surface area contributed by atoms with E-state index in [1.807, 2.05) is 6.92 Å². The molecule has 0 bridgehead atoms. The third-order valence-corrected chi connectivity index (χ3v) is 6.07. The van der Waals surface area contributed by atoms with Gasteiger partial charge in [-0.15, -0.1) is 6.58 Å². The van der Waals surface area contributed by atoms with Crippen molar-refractivity contribution in [3.8, 4) is 11.5 Å². The summed E-state index contributed by atoms with van der Waals surface area (Å²) in [5.41, 5.74) is 1.21.